The van der Waals surface area contributed by atoms with E-state index in [4.69, 9.17) is 14.9 Å². The molecule has 3 rings (SSSR count). The van der Waals surface area contributed by atoms with E-state index in [1.807, 2.05) is 45.0 Å². The highest BCUT2D eigenvalue weighted by molar-refractivity contribution is 5.99. The molecule has 1 amide bonds. The van der Waals surface area contributed by atoms with Gasteiger partial charge < -0.3 is 20.2 Å². The van der Waals surface area contributed by atoms with Crippen molar-refractivity contribution in [1.82, 2.24) is 20.3 Å². The summed E-state index contributed by atoms with van der Waals surface area (Å²) in [4.78, 5) is 38.9. The lowest BCUT2D eigenvalue weighted by molar-refractivity contribution is -0.192. The molecule has 0 aliphatic carbocycles. The van der Waals surface area contributed by atoms with Crippen molar-refractivity contribution in [2.24, 2.45) is 0 Å². The molecule has 0 bridgehead atoms. The van der Waals surface area contributed by atoms with Crippen LogP contribution in [0.15, 0.2) is 24.7 Å². The van der Waals surface area contributed by atoms with Crippen molar-refractivity contribution in [3.05, 3.63) is 41.5 Å². The Bertz CT molecular complexity index is 968. The molecule has 2 aromatic heterocycles. The zero-order valence-electron chi connectivity index (χ0n) is 18.8. The Labute approximate surface area is 189 Å². The molecule has 0 saturated heterocycles. The lowest BCUT2D eigenvalue weighted by atomic mass is 10.0. The van der Waals surface area contributed by atoms with E-state index in [0.717, 1.165) is 48.8 Å². The summed E-state index contributed by atoms with van der Waals surface area (Å²) in [6.07, 6.45) is -0.0878. The molecule has 3 heterocycles. The zero-order chi connectivity index (χ0) is 24.8. The number of hydrogen-bond donors (Lipinski definition) is 2. The van der Waals surface area contributed by atoms with Gasteiger partial charge in [-0.1, -0.05) is 0 Å². The maximum absolute atomic E-state index is 12.6. The Morgan fingerprint density at radius 3 is 2.36 bits per heavy atom. The van der Waals surface area contributed by atoms with Gasteiger partial charge in [0.2, 0.25) is 0 Å². The van der Waals surface area contributed by atoms with Crippen molar-refractivity contribution >= 4 is 23.5 Å². The van der Waals surface area contributed by atoms with Gasteiger partial charge in [-0.15, -0.1) is 0 Å². The SMILES string of the molecule is CC(C)NC(=O)c1cc2c(nc1N(C)C)CCN(c1ccncn1)CC2.O=C(O)C(F)(F)F. The summed E-state index contributed by atoms with van der Waals surface area (Å²) in [7, 11) is 3.84. The molecular formula is C21H27F3N6O3. The largest absolute Gasteiger partial charge is 0.490 e. The second-order valence-corrected chi connectivity index (χ2v) is 7.85. The fourth-order valence-electron chi connectivity index (χ4n) is 3.17. The lowest BCUT2D eigenvalue weighted by Gasteiger charge is -2.20. The molecule has 180 valence electrons. The number of hydrogen-bond acceptors (Lipinski definition) is 7. The van der Waals surface area contributed by atoms with E-state index in [9.17, 15) is 18.0 Å². The number of carboxylic acid groups (broad SMARTS) is 1. The minimum Gasteiger partial charge on any atom is -0.475 e. The molecule has 0 radical (unpaired) electrons. The van der Waals surface area contributed by atoms with Crippen molar-refractivity contribution in [3.8, 4) is 0 Å². The molecule has 33 heavy (non-hydrogen) atoms. The standard InChI is InChI=1S/C19H26N6O.C2HF3O2/c1-13(2)22-19(26)15-11-14-6-9-25(17-5-8-20-12-21-17)10-7-16(14)23-18(15)24(3)4;3-2(4,5)1(6)7/h5,8,11-13H,6-7,9-10H2,1-4H3,(H,22,26);(H,6,7). The minimum absolute atomic E-state index is 0.0732. The zero-order valence-corrected chi connectivity index (χ0v) is 18.8. The highest BCUT2D eigenvalue weighted by Crippen LogP contribution is 2.24. The Balaban J connectivity index is 0.000000479. The van der Waals surface area contributed by atoms with E-state index >= 15 is 0 Å². The van der Waals surface area contributed by atoms with E-state index in [2.05, 4.69) is 20.2 Å². The quantitative estimate of drug-likeness (QED) is 0.703. The number of carbonyl (C=O) groups excluding carboxylic acids is 1. The Kier molecular flexibility index (Phi) is 8.55. The van der Waals surface area contributed by atoms with Gasteiger partial charge in [-0.25, -0.2) is 19.7 Å². The summed E-state index contributed by atoms with van der Waals surface area (Å²) in [6.45, 7) is 5.62. The number of alkyl halides is 3. The van der Waals surface area contributed by atoms with Gasteiger partial charge in [0.15, 0.2) is 0 Å². The van der Waals surface area contributed by atoms with Crippen LogP contribution < -0.4 is 15.1 Å². The monoisotopic (exact) mass is 468 g/mol. The van der Waals surface area contributed by atoms with Crippen molar-refractivity contribution in [2.75, 3.05) is 37.0 Å². The van der Waals surface area contributed by atoms with Crippen molar-refractivity contribution in [2.45, 2.75) is 38.9 Å². The van der Waals surface area contributed by atoms with Gasteiger partial charge in [0.1, 0.15) is 18.0 Å². The van der Waals surface area contributed by atoms with Crippen LogP contribution in [0.5, 0.6) is 0 Å². The number of nitrogens with one attached hydrogen (secondary N) is 1. The molecule has 12 heteroatoms. The summed E-state index contributed by atoms with van der Waals surface area (Å²) in [5.74, 6) is -1.18. The minimum atomic E-state index is -5.08. The third-order valence-corrected chi connectivity index (χ3v) is 4.66. The van der Waals surface area contributed by atoms with E-state index in [1.165, 1.54) is 0 Å². The first-order valence-corrected chi connectivity index (χ1v) is 10.2. The van der Waals surface area contributed by atoms with Gasteiger partial charge in [-0.2, -0.15) is 13.2 Å². The molecule has 2 aromatic rings. The topological polar surface area (TPSA) is 112 Å². The first-order valence-electron chi connectivity index (χ1n) is 10.2. The summed E-state index contributed by atoms with van der Waals surface area (Å²) in [5.41, 5.74) is 2.84. The number of halogens is 3. The number of rotatable bonds is 4. The molecule has 0 spiro atoms. The molecule has 1 aliphatic heterocycles. The highest BCUT2D eigenvalue weighted by Gasteiger charge is 2.38. The predicted octanol–water partition coefficient (Wildman–Crippen LogP) is 2.31. The molecule has 0 saturated carbocycles. The molecule has 0 aromatic carbocycles. The van der Waals surface area contributed by atoms with Crippen LogP contribution in [0, 0.1) is 0 Å². The second kappa shape index (κ2) is 10.9. The first-order chi connectivity index (χ1) is 15.4. The van der Waals surface area contributed by atoms with Crippen molar-refractivity contribution in [1.29, 1.82) is 0 Å². The van der Waals surface area contributed by atoms with Crippen LogP contribution in [0.4, 0.5) is 24.8 Å². The van der Waals surface area contributed by atoms with Crippen LogP contribution in [0.25, 0.3) is 0 Å². The Morgan fingerprint density at radius 1 is 1.21 bits per heavy atom. The molecule has 0 fully saturated rings. The van der Waals surface area contributed by atoms with Crippen LogP contribution in [-0.2, 0) is 17.6 Å². The molecule has 9 nitrogen and oxygen atoms in total. The molecule has 0 atom stereocenters. The van der Waals surface area contributed by atoms with Crippen molar-refractivity contribution < 1.29 is 27.9 Å². The van der Waals surface area contributed by atoms with Gasteiger partial charge in [0.25, 0.3) is 5.91 Å². The van der Waals surface area contributed by atoms with Gasteiger partial charge in [-0.05, 0) is 38.0 Å². The lowest BCUT2D eigenvalue weighted by Crippen LogP contribution is -2.32. The average molecular weight is 468 g/mol. The Hall–Kier alpha value is -3.44. The number of carbonyl (C=O) groups is 2. The van der Waals surface area contributed by atoms with E-state index in [1.54, 1.807) is 12.5 Å². The van der Waals surface area contributed by atoms with Crippen LogP contribution in [0.1, 0.15) is 35.5 Å². The van der Waals surface area contributed by atoms with E-state index in [0.29, 0.717) is 5.56 Å². The van der Waals surface area contributed by atoms with E-state index < -0.39 is 12.1 Å². The number of fused-ring (bicyclic) bond motifs is 1. The van der Waals surface area contributed by atoms with Crippen LogP contribution in [0.2, 0.25) is 0 Å². The maximum Gasteiger partial charge on any atom is 0.490 e. The first kappa shape index (κ1) is 25.8. The number of aliphatic carboxylic acids is 1. The summed E-state index contributed by atoms with van der Waals surface area (Å²) in [5, 5.41) is 10.1. The smallest absolute Gasteiger partial charge is 0.475 e. The predicted molar refractivity (Wildman–Crippen MR) is 117 cm³/mol. The molecule has 1 aliphatic rings. The fraction of sp³-hybridized carbons (Fsp3) is 0.476. The number of carboxylic acids is 1. The summed E-state index contributed by atoms with van der Waals surface area (Å²) < 4.78 is 31.7. The summed E-state index contributed by atoms with van der Waals surface area (Å²) >= 11 is 0. The second-order valence-electron chi connectivity index (χ2n) is 7.85. The molecule has 0 unspecified atom stereocenters. The van der Waals surface area contributed by atoms with Gasteiger partial charge in [-0.3, -0.25) is 4.79 Å². The van der Waals surface area contributed by atoms with Crippen LogP contribution in [0.3, 0.4) is 0 Å². The number of nitrogens with zero attached hydrogens (tertiary/aromatic N) is 5. The number of pyridine rings is 1. The van der Waals surface area contributed by atoms with Crippen molar-refractivity contribution in [3.63, 3.8) is 0 Å². The number of anilines is 2. The van der Waals surface area contributed by atoms with Gasteiger partial charge in [0.05, 0.1) is 5.56 Å². The molecular weight excluding hydrogens is 441 g/mol. The average Bonchev–Trinajstić information content (AvgIpc) is 2.95. The maximum atomic E-state index is 12.6. The molecule has 2 N–H and O–H groups in total. The summed E-state index contributed by atoms with van der Waals surface area (Å²) in [6, 6.07) is 4.03. The number of aromatic nitrogens is 3. The highest BCUT2D eigenvalue weighted by atomic mass is 19.4. The van der Waals surface area contributed by atoms with E-state index in [-0.39, 0.29) is 11.9 Å². The van der Waals surface area contributed by atoms with Crippen LogP contribution in [-0.4, -0.2) is 71.3 Å². The normalized spacial score (nSPS) is 13.4. The van der Waals surface area contributed by atoms with Gasteiger partial charge in [0, 0.05) is 51.5 Å². The third kappa shape index (κ3) is 7.29. The third-order valence-electron chi connectivity index (χ3n) is 4.66. The number of amides is 1. The Morgan fingerprint density at radius 2 is 1.85 bits per heavy atom. The fourth-order valence-corrected chi connectivity index (χ4v) is 3.17. The van der Waals surface area contributed by atoms with Crippen LogP contribution >= 0.6 is 0 Å². The van der Waals surface area contributed by atoms with Gasteiger partial charge >= 0.3 is 12.1 Å².